The molecule has 0 fully saturated rings. The molecule has 2 N–H and O–H groups in total. The van der Waals surface area contributed by atoms with Crippen molar-refractivity contribution < 1.29 is 14.6 Å². The van der Waals surface area contributed by atoms with Gasteiger partial charge in [0.15, 0.2) is 0 Å². The van der Waals surface area contributed by atoms with E-state index in [0.717, 1.165) is 10.4 Å². The van der Waals surface area contributed by atoms with Gasteiger partial charge in [0.2, 0.25) is 0 Å². The zero-order valence-corrected chi connectivity index (χ0v) is 15.8. The van der Waals surface area contributed by atoms with Gasteiger partial charge in [-0.05, 0) is 46.5 Å². The lowest BCUT2D eigenvalue weighted by molar-refractivity contribution is 0.0719. The number of hydrogen-bond donors (Lipinski definition) is 2. The van der Waals surface area contributed by atoms with Crippen LogP contribution in [0.5, 0.6) is 5.75 Å². The fourth-order valence-corrected chi connectivity index (χ4v) is 4.25. The number of ether oxygens (including phenoxy) is 1. The molecule has 2 aromatic heterocycles. The monoisotopic (exact) mass is 393 g/mol. The number of carbonyl (C=O) groups is 1. The lowest BCUT2D eigenvalue weighted by Gasteiger charge is -2.27. The van der Waals surface area contributed by atoms with Crippen LogP contribution in [0.2, 0.25) is 5.02 Å². The highest BCUT2D eigenvalue weighted by Gasteiger charge is 2.34. The number of amides is 1. The number of carbonyl (C=O) groups excluding carboxylic acids is 1. The molecular weight excluding hydrogens is 378 g/mol. The highest BCUT2D eigenvalue weighted by atomic mass is 35.5. The van der Waals surface area contributed by atoms with Crippen LogP contribution in [0.15, 0.2) is 52.5 Å². The minimum absolute atomic E-state index is 0.0404. The summed E-state index contributed by atoms with van der Waals surface area (Å²) in [4.78, 5) is 13.4. The van der Waals surface area contributed by atoms with Crippen molar-refractivity contribution in [3.8, 4) is 5.75 Å². The summed E-state index contributed by atoms with van der Waals surface area (Å²) in [5.74, 6) is 0.0710. The number of rotatable bonds is 6. The predicted octanol–water partition coefficient (Wildman–Crippen LogP) is 4.14. The van der Waals surface area contributed by atoms with Crippen molar-refractivity contribution in [2.45, 2.75) is 5.60 Å². The average Bonchev–Trinajstić information content (AvgIpc) is 3.33. The largest absolute Gasteiger partial charge is 0.496 e. The number of halogens is 1. The molecule has 0 aliphatic heterocycles. The first-order chi connectivity index (χ1) is 12.0. The fourth-order valence-electron chi connectivity index (χ4n) is 2.51. The molecule has 25 heavy (non-hydrogen) atoms. The number of hydrogen-bond acceptors (Lipinski definition) is 5. The van der Waals surface area contributed by atoms with Crippen LogP contribution in [0, 0.1) is 0 Å². The molecule has 130 valence electrons. The van der Waals surface area contributed by atoms with Crippen molar-refractivity contribution in [3.63, 3.8) is 0 Å². The second-order valence-corrected chi connectivity index (χ2v) is 7.54. The summed E-state index contributed by atoms with van der Waals surface area (Å²) in [5, 5.41) is 20.2. The highest BCUT2D eigenvalue weighted by molar-refractivity contribution is 7.10. The van der Waals surface area contributed by atoms with E-state index in [1.165, 1.54) is 29.8 Å². The Morgan fingerprint density at radius 1 is 1.32 bits per heavy atom. The van der Waals surface area contributed by atoms with Crippen molar-refractivity contribution in [1.82, 2.24) is 5.32 Å². The number of methoxy groups -OCH3 is 1. The Morgan fingerprint density at radius 2 is 2.16 bits per heavy atom. The smallest absolute Gasteiger partial charge is 0.255 e. The number of thiophene rings is 2. The highest BCUT2D eigenvalue weighted by Crippen LogP contribution is 2.34. The fraction of sp³-hybridized carbons (Fsp3) is 0.167. The van der Waals surface area contributed by atoms with Crippen LogP contribution >= 0.6 is 34.3 Å². The average molecular weight is 394 g/mol. The Labute approximate surface area is 158 Å². The molecule has 3 aromatic rings. The Hall–Kier alpha value is -1.86. The molecule has 0 bridgehead atoms. The minimum atomic E-state index is -1.28. The predicted molar refractivity (Wildman–Crippen MR) is 102 cm³/mol. The van der Waals surface area contributed by atoms with Crippen LogP contribution < -0.4 is 10.1 Å². The maximum atomic E-state index is 12.6. The standard InChI is InChI=1S/C18H16ClNO3S2/c1-23-15-5-4-13(19)9-14(15)17(21)20-11-18(22,12-6-8-24-10-12)16-3-2-7-25-16/h2-10,22H,11H2,1H3,(H,20,21)/t18-/m0/s1. The zero-order chi connectivity index (χ0) is 17.9. The van der Waals surface area contributed by atoms with E-state index in [1.807, 2.05) is 34.3 Å². The van der Waals surface area contributed by atoms with Gasteiger partial charge in [-0.1, -0.05) is 17.7 Å². The molecule has 0 saturated heterocycles. The normalized spacial score (nSPS) is 13.2. The van der Waals surface area contributed by atoms with Gasteiger partial charge in [-0.2, -0.15) is 11.3 Å². The van der Waals surface area contributed by atoms with Crippen LogP contribution in [0.4, 0.5) is 0 Å². The maximum absolute atomic E-state index is 12.6. The summed E-state index contributed by atoms with van der Waals surface area (Å²) in [6.07, 6.45) is 0. The molecule has 1 amide bonds. The van der Waals surface area contributed by atoms with E-state index in [4.69, 9.17) is 16.3 Å². The molecule has 2 heterocycles. The molecule has 0 saturated carbocycles. The molecule has 1 atom stereocenters. The minimum Gasteiger partial charge on any atom is -0.496 e. The van der Waals surface area contributed by atoms with Crippen LogP contribution in [0.3, 0.4) is 0 Å². The van der Waals surface area contributed by atoms with Crippen LogP contribution in [-0.2, 0) is 5.60 Å². The Kier molecular flexibility index (Phi) is 5.44. The van der Waals surface area contributed by atoms with Crippen molar-refractivity contribution in [2.75, 3.05) is 13.7 Å². The summed E-state index contributed by atoms with van der Waals surface area (Å²) in [5.41, 5.74) is -0.206. The molecule has 4 nitrogen and oxygen atoms in total. The van der Waals surface area contributed by atoms with Crippen LogP contribution in [0.25, 0.3) is 0 Å². The summed E-state index contributed by atoms with van der Waals surface area (Å²) in [6.45, 7) is 0.0404. The van der Waals surface area contributed by atoms with E-state index >= 15 is 0 Å². The summed E-state index contributed by atoms with van der Waals surface area (Å²) in [6, 6.07) is 10.4. The zero-order valence-electron chi connectivity index (χ0n) is 13.4. The molecule has 0 aliphatic rings. The van der Waals surface area contributed by atoms with E-state index < -0.39 is 5.60 Å². The first kappa shape index (κ1) is 17.9. The second kappa shape index (κ2) is 7.58. The maximum Gasteiger partial charge on any atom is 0.255 e. The molecule has 1 aromatic carbocycles. The van der Waals surface area contributed by atoms with Gasteiger partial charge in [0.1, 0.15) is 11.4 Å². The lowest BCUT2D eigenvalue weighted by Crippen LogP contribution is -2.41. The molecular formula is C18H16ClNO3S2. The molecule has 0 radical (unpaired) electrons. The van der Waals surface area contributed by atoms with E-state index in [-0.39, 0.29) is 12.5 Å². The first-order valence-corrected chi connectivity index (χ1v) is 9.65. The van der Waals surface area contributed by atoms with E-state index in [0.29, 0.717) is 16.3 Å². The van der Waals surface area contributed by atoms with Crippen molar-refractivity contribution in [3.05, 3.63) is 73.6 Å². The Morgan fingerprint density at radius 3 is 2.80 bits per heavy atom. The van der Waals surface area contributed by atoms with E-state index in [1.54, 1.807) is 18.2 Å². The number of aliphatic hydroxyl groups is 1. The topological polar surface area (TPSA) is 58.6 Å². The van der Waals surface area contributed by atoms with Crippen molar-refractivity contribution in [1.29, 1.82) is 0 Å². The summed E-state index contributed by atoms with van der Waals surface area (Å²) < 4.78 is 5.22. The Balaban J connectivity index is 1.85. The van der Waals surface area contributed by atoms with Gasteiger partial charge < -0.3 is 15.2 Å². The second-order valence-electron chi connectivity index (χ2n) is 5.38. The van der Waals surface area contributed by atoms with Crippen molar-refractivity contribution >= 4 is 40.2 Å². The van der Waals surface area contributed by atoms with Gasteiger partial charge in [0.25, 0.3) is 5.91 Å². The Bertz CT molecular complexity index is 813. The first-order valence-electron chi connectivity index (χ1n) is 7.45. The molecule has 3 rings (SSSR count). The third kappa shape index (κ3) is 3.72. The molecule has 0 spiro atoms. The van der Waals surface area contributed by atoms with Gasteiger partial charge in [0, 0.05) is 15.5 Å². The third-order valence-corrected chi connectivity index (χ3v) is 5.78. The van der Waals surface area contributed by atoms with Crippen LogP contribution in [-0.4, -0.2) is 24.7 Å². The van der Waals surface area contributed by atoms with E-state index in [9.17, 15) is 9.90 Å². The van der Waals surface area contributed by atoms with E-state index in [2.05, 4.69) is 5.32 Å². The van der Waals surface area contributed by atoms with Gasteiger partial charge in [-0.15, -0.1) is 11.3 Å². The van der Waals surface area contributed by atoms with Gasteiger partial charge in [-0.3, -0.25) is 4.79 Å². The quantitative estimate of drug-likeness (QED) is 0.661. The van der Waals surface area contributed by atoms with Gasteiger partial charge in [-0.25, -0.2) is 0 Å². The molecule has 0 aliphatic carbocycles. The molecule has 7 heteroatoms. The van der Waals surface area contributed by atoms with Crippen LogP contribution in [0.1, 0.15) is 20.8 Å². The summed E-state index contributed by atoms with van der Waals surface area (Å²) in [7, 11) is 1.49. The third-order valence-electron chi connectivity index (χ3n) is 3.84. The van der Waals surface area contributed by atoms with Crippen molar-refractivity contribution in [2.24, 2.45) is 0 Å². The summed E-state index contributed by atoms with van der Waals surface area (Å²) >= 11 is 8.93. The number of nitrogens with one attached hydrogen (secondary N) is 1. The van der Waals surface area contributed by atoms with Gasteiger partial charge in [0.05, 0.1) is 19.2 Å². The lowest BCUT2D eigenvalue weighted by atomic mass is 9.94. The molecule has 0 unspecified atom stereocenters. The SMILES string of the molecule is COc1ccc(Cl)cc1C(=O)NC[C@](O)(c1ccsc1)c1cccs1. The van der Waals surface area contributed by atoms with Gasteiger partial charge >= 0.3 is 0 Å². The number of benzene rings is 1.